The lowest BCUT2D eigenvalue weighted by atomic mass is 10.0. The van der Waals surface area contributed by atoms with Gasteiger partial charge in [-0.05, 0) is 26.8 Å². The van der Waals surface area contributed by atoms with Gasteiger partial charge in [-0.15, -0.1) is 0 Å². The largest absolute Gasteiger partial charge is 0.372 e. The molecule has 0 bridgehead atoms. The monoisotopic (exact) mass is 297 g/mol. The molecule has 1 aromatic carbocycles. The predicted molar refractivity (Wildman–Crippen MR) is 74.0 cm³/mol. The van der Waals surface area contributed by atoms with E-state index in [2.05, 4.69) is 0 Å². The lowest BCUT2D eigenvalue weighted by Crippen LogP contribution is -2.46. The second-order valence-electron chi connectivity index (χ2n) is 5.33. The third-order valence-corrected chi connectivity index (χ3v) is 3.45. The third kappa shape index (κ3) is 2.95. The molecule has 114 valence electrons. The summed E-state index contributed by atoms with van der Waals surface area (Å²) in [4.78, 5) is 24.1. The number of hydrogen-bond donors (Lipinski definition) is 0. The number of hydrogen-bond acceptors (Lipinski definition) is 4. The predicted octanol–water partition coefficient (Wildman–Crippen LogP) is 2.59. The van der Waals surface area contributed by atoms with E-state index in [1.807, 2.05) is 13.8 Å². The van der Waals surface area contributed by atoms with Gasteiger partial charge in [0, 0.05) is 18.7 Å². The van der Waals surface area contributed by atoms with Crippen LogP contribution in [0.3, 0.4) is 0 Å². The summed E-state index contributed by atoms with van der Waals surface area (Å²) in [5.41, 5.74) is -0.539. The van der Waals surface area contributed by atoms with E-state index in [9.17, 15) is 18.4 Å². The van der Waals surface area contributed by atoms with Gasteiger partial charge < -0.3 is 9.64 Å². The molecule has 0 amide bonds. The summed E-state index contributed by atoms with van der Waals surface area (Å²) in [6.07, 6.45) is 0.112. The first-order valence-corrected chi connectivity index (χ1v) is 6.73. The van der Waals surface area contributed by atoms with E-state index < -0.39 is 23.0 Å². The highest BCUT2D eigenvalue weighted by molar-refractivity contribution is 5.98. The van der Waals surface area contributed by atoms with Gasteiger partial charge in [-0.1, -0.05) is 0 Å². The average Bonchev–Trinajstić information content (AvgIpc) is 2.39. The third-order valence-electron chi connectivity index (χ3n) is 3.45. The fourth-order valence-electron chi connectivity index (χ4n) is 2.66. The highest BCUT2D eigenvalue weighted by Gasteiger charge is 2.29. The number of ketones is 1. The van der Waals surface area contributed by atoms with Crippen molar-refractivity contribution in [3.63, 3.8) is 0 Å². The van der Waals surface area contributed by atoms with Crippen LogP contribution in [0.1, 0.15) is 41.5 Å². The Morgan fingerprint density at radius 1 is 1.29 bits per heavy atom. The summed E-state index contributed by atoms with van der Waals surface area (Å²) in [5, 5.41) is 0. The van der Waals surface area contributed by atoms with E-state index in [-0.39, 0.29) is 23.5 Å². The smallest absolute Gasteiger partial charge is 0.183 e. The summed E-state index contributed by atoms with van der Waals surface area (Å²) >= 11 is 0. The highest BCUT2D eigenvalue weighted by atomic mass is 19.2. The van der Waals surface area contributed by atoms with Crippen LogP contribution < -0.4 is 4.90 Å². The quantitative estimate of drug-likeness (QED) is 0.635. The number of carbonyl (C=O) groups is 2. The van der Waals surface area contributed by atoms with Crippen molar-refractivity contribution < 1.29 is 23.1 Å². The molecular formula is C15H17F2NO3. The van der Waals surface area contributed by atoms with E-state index in [1.165, 1.54) is 0 Å². The molecule has 0 aliphatic carbocycles. The second-order valence-corrected chi connectivity index (χ2v) is 5.33. The molecule has 0 N–H and O–H groups in total. The summed E-state index contributed by atoms with van der Waals surface area (Å²) in [6.45, 7) is 5.47. The van der Waals surface area contributed by atoms with Crippen LogP contribution in [-0.2, 0) is 4.74 Å². The van der Waals surface area contributed by atoms with Crippen molar-refractivity contribution in [1.29, 1.82) is 0 Å². The van der Waals surface area contributed by atoms with Gasteiger partial charge in [0.1, 0.15) is 0 Å². The van der Waals surface area contributed by atoms with Crippen LogP contribution in [0.15, 0.2) is 6.07 Å². The van der Waals surface area contributed by atoms with Gasteiger partial charge in [-0.2, -0.15) is 0 Å². The average molecular weight is 297 g/mol. The molecule has 0 radical (unpaired) electrons. The number of ether oxygens (including phenoxy) is 1. The minimum absolute atomic E-state index is 0.0274. The molecular weight excluding hydrogens is 280 g/mol. The topological polar surface area (TPSA) is 46.6 Å². The van der Waals surface area contributed by atoms with Crippen molar-refractivity contribution in [3.8, 4) is 0 Å². The zero-order chi connectivity index (χ0) is 15.7. The Labute approximate surface area is 121 Å². The zero-order valence-corrected chi connectivity index (χ0v) is 12.2. The van der Waals surface area contributed by atoms with Crippen molar-refractivity contribution in [2.24, 2.45) is 0 Å². The maximum absolute atomic E-state index is 14.3. The molecule has 1 aliphatic rings. The molecule has 1 fully saturated rings. The number of benzene rings is 1. The normalized spacial score (nSPS) is 22.2. The van der Waals surface area contributed by atoms with Crippen LogP contribution in [0, 0.1) is 11.6 Å². The number of rotatable bonds is 3. The Morgan fingerprint density at radius 2 is 1.86 bits per heavy atom. The summed E-state index contributed by atoms with van der Waals surface area (Å²) < 4.78 is 33.9. The summed E-state index contributed by atoms with van der Waals surface area (Å²) in [6, 6.07) is 1.11. The standard InChI is InChI=1S/C15H17F2NO3/c1-8-5-18(6-9(2)21-8)15-11(7-19)4-12(10(3)20)13(16)14(15)17/h4,7-9H,5-6H2,1-3H3. The molecule has 21 heavy (non-hydrogen) atoms. The summed E-state index contributed by atoms with van der Waals surface area (Å²) in [7, 11) is 0. The molecule has 2 atom stereocenters. The van der Waals surface area contributed by atoms with Gasteiger partial charge in [-0.3, -0.25) is 9.59 Å². The van der Waals surface area contributed by atoms with Crippen LogP contribution in [0.25, 0.3) is 0 Å². The first kappa shape index (κ1) is 15.6. The van der Waals surface area contributed by atoms with Gasteiger partial charge in [-0.25, -0.2) is 8.78 Å². The number of nitrogens with zero attached hydrogens (tertiary/aromatic N) is 1. The van der Waals surface area contributed by atoms with Crippen LogP contribution in [0.4, 0.5) is 14.5 Å². The van der Waals surface area contributed by atoms with Gasteiger partial charge in [0.05, 0.1) is 23.5 Å². The molecule has 0 spiro atoms. The van der Waals surface area contributed by atoms with Crippen molar-refractivity contribution in [1.82, 2.24) is 0 Å². The molecule has 1 heterocycles. The van der Waals surface area contributed by atoms with Gasteiger partial charge in [0.25, 0.3) is 0 Å². The fourth-order valence-corrected chi connectivity index (χ4v) is 2.66. The van der Waals surface area contributed by atoms with E-state index in [4.69, 9.17) is 4.74 Å². The Bertz CT molecular complexity index is 579. The maximum Gasteiger partial charge on any atom is 0.183 e. The molecule has 1 aromatic rings. The van der Waals surface area contributed by atoms with Crippen LogP contribution in [0.2, 0.25) is 0 Å². The van der Waals surface area contributed by atoms with Crippen molar-refractivity contribution in [2.75, 3.05) is 18.0 Å². The number of halogens is 2. The van der Waals surface area contributed by atoms with Gasteiger partial charge in [0.2, 0.25) is 0 Å². The minimum atomic E-state index is -1.21. The molecule has 0 saturated carbocycles. The number of aldehydes is 1. The van der Waals surface area contributed by atoms with Crippen molar-refractivity contribution in [2.45, 2.75) is 33.0 Å². The van der Waals surface area contributed by atoms with Crippen LogP contribution in [0.5, 0.6) is 0 Å². The molecule has 4 nitrogen and oxygen atoms in total. The van der Waals surface area contributed by atoms with E-state index in [1.54, 1.807) is 4.90 Å². The van der Waals surface area contributed by atoms with Gasteiger partial charge >= 0.3 is 0 Å². The number of carbonyl (C=O) groups excluding carboxylic acids is 2. The lowest BCUT2D eigenvalue weighted by molar-refractivity contribution is -0.00547. The van der Waals surface area contributed by atoms with E-state index >= 15 is 0 Å². The minimum Gasteiger partial charge on any atom is -0.372 e. The molecule has 2 unspecified atom stereocenters. The first-order valence-electron chi connectivity index (χ1n) is 6.73. The van der Waals surface area contributed by atoms with E-state index in [0.717, 1.165) is 13.0 Å². The molecule has 6 heteroatoms. The van der Waals surface area contributed by atoms with Gasteiger partial charge in [0.15, 0.2) is 23.7 Å². The number of morpholine rings is 1. The van der Waals surface area contributed by atoms with Crippen LogP contribution in [-0.4, -0.2) is 37.4 Å². The lowest BCUT2D eigenvalue weighted by Gasteiger charge is -2.37. The number of Topliss-reactive ketones (excluding diaryl/α,β-unsaturated/α-hetero) is 1. The maximum atomic E-state index is 14.3. The Kier molecular flexibility index (Phi) is 4.37. The van der Waals surface area contributed by atoms with Crippen molar-refractivity contribution in [3.05, 3.63) is 28.8 Å². The zero-order valence-electron chi connectivity index (χ0n) is 12.2. The van der Waals surface area contributed by atoms with Crippen molar-refractivity contribution >= 4 is 17.8 Å². The van der Waals surface area contributed by atoms with E-state index in [0.29, 0.717) is 19.4 Å². The number of anilines is 1. The Morgan fingerprint density at radius 3 is 2.33 bits per heavy atom. The molecule has 1 saturated heterocycles. The molecule has 0 aromatic heterocycles. The first-order chi connectivity index (χ1) is 9.85. The molecule has 1 aliphatic heterocycles. The fraction of sp³-hybridized carbons (Fsp3) is 0.467. The summed E-state index contributed by atoms with van der Waals surface area (Å²) in [5.74, 6) is -2.99. The Balaban J connectivity index is 2.55. The molecule has 2 rings (SSSR count). The highest BCUT2D eigenvalue weighted by Crippen LogP contribution is 2.30. The van der Waals surface area contributed by atoms with Crippen LogP contribution >= 0.6 is 0 Å². The Hall–Kier alpha value is -1.82. The second kappa shape index (κ2) is 5.89. The SMILES string of the molecule is CC(=O)c1cc(C=O)c(N2CC(C)OC(C)C2)c(F)c1F.